The molecule has 4 rings (SSSR count). The first-order chi connectivity index (χ1) is 16.0. The molecule has 0 aromatic carbocycles. The standard InChI is InChI=1S/C28H46F3IO/c1-2-3-18-4-6-20(7-5-18)25-14-10-21(27(30)28(25)31)17-33-23-12-8-19(9-13-23)24-15-11-22(32)16-26(24)29/h18-28H,2-17H2,1H3/t18?,19?,20?,21-,22+,23?,24?,25?,26?,27+,28?/m1/s1. The molecule has 33 heavy (non-hydrogen) atoms. The van der Waals surface area contributed by atoms with Gasteiger partial charge in [0.05, 0.1) is 12.7 Å². The highest BCUT2D eigenvalue weighted by Crippen LogP contribution is 2.45. The third-order valence-electron chi connectivity index (χ3n) is 9.86. The minimum absolute atomic E-state index is 0.0828. The molecule has 0 heterocycles. The van der Waals surface area contributed by atoms with Crippen LogP contribution in [0.2, 0.25) is 0 Å². The van der Waals surface area contributed by atoms with Crippen LogP contribution in [0.5, 0.6) is 0 Å². The molecule has 0 N–H and O–H groups in total. The molecule has 4 unspecified atom stereocenters. The van der Waals surface area contributed by atoms with Crippen LogP contribution in [-0.2, 0) is 4.74 Å². The van der Waals surface area contributed by atoms with Crippen LogP contribution in [0.15, 0.2) is 0 Å². The Balaban J connectivity index is 1.17. The summed E-state index contributed by atoms with van der Waals surface area (Å²) in [5.74, 6) is 1.52. The van der Waals surface area contributed by atoms with Crippen molar-refractivity contribution < 1.29 is 17.9 Å². The summed E-state index contributed by atoms with van der Waals surface area (Å²) in [7, 11) is 0. The van der Waals surface area contributed by atoms with Crippen LogP contribution >= 0.6 is 22.6 Å². The second-order valence-electron chi connectivity index (χ2n) is 11.9. The number of hydrogen-bond donors (Lipinski definition) is 0. The molecule has 5 heteroatoms. The van der Waals surface area contributed by atoms with Gasteiger partial charge in [-0.3, -0.25) is 0 Å². The molecule has 0 saturated heterocycles. The van der Waals surface area contributed by atoms with E-state index >= 15 is 8.78 Å². The van der Waals surface area contributed by atoms with E-state index in [1.807, 2.05) is 0 Å². The van der Waals surface area contributed by atoms with Gasteiger partial charge in [0.1, 0.15) is 18.5 Å². The van der Waals surface area contributed by atoms with Gasteiger partial charge in [-0.2, -0.15) is 0 Å². The van der Waals surface area contributed by atoms with Gasteiger partial charge in [0.15, 0.2) is 0 Å². The smallest absolute Gasteiger partial charge is 0.136 e. The van der Waals surface area contributed by atoms with Crippen molar-refractivity contribution in [1.82, 2.24) is 0 Å². The first-order valence-electron chi connectivity index (χ1n) is 14.1. The van der Waals surface area contributed by atoms with Crippen LogP contribution in [0.3, 0.4) is 0 Å². The largest absolute Gasteiger partial charge is 0.378 e. The van der Waals surface area contributed by atoms with Crippen molar-refractivity contribution >= 4 is 22.6 Å². The molecule has 0 radical (unpaired) electrons. The van der Waals surface area contributed by atoms with E-state index in [0.29, 0.717) is 28.8 Å². The molecule has 0 aromatic rings. The molecule has 4 aliphatic carbocycles. The average Bonchev–Trinajstić information content (AvgIpc) is 2.81. The number of ether oxygens (including phenoxy) is 1. The SMILES string of the molecule is CCCC1CCC(C2CC[C@H](COC3CCC(C4CC[C@H](I)CC4F)CC3)[C@H](F)C2F)CC1. The quantitative estimate of drug-likeness (QED) is 0.215. The lowest BCUT2D eigenvalue weighted by Gasteiger charge is -2.42. The van der Waals surface area contributed by atoms with Gasteiger partial charge >= 0.3 is 0 Å². The molecule has 7 atom stereocenters. The molecule has 0 bridgehead atoms. The highest BCUT2D eigenvalue weighted by Gasteiger charge is 2.44. The predicted molar refractivity (Wildman–Crippen MR) is 138 cm³/mol. The summed E-state index contributed by atoms with van der Waals surface area (Å²) >= 11 is 2.39. The molecule has 192 valence electrons. The summed E-state index contributed by atoms with van der Waals surface area (Å²) < 4.78 is 51.4. The van der Waals surface area contributed by atoms with Gasteiger partial charge in [-0.1, -0.05) is 55.2 Å². The van der Waals surface area contributed by atoms with Crippen LogP contribution in [-0.4, -0.2) is 35.2 Å². The van der Waals surface area contributed by atoms with Crippen molar-refractivity contribution in [1.29, 1.82) is 0 Å². The van der Waals surface area contributed by atoms with E-state index in [1.54, 1.807) is 0 Å². The number of halogens is 4. The summed E-state index contributed by atoms with van der Waals surface area (Å²) in [5, 5.41) is 0. The first kappa shape index (κ1) is 26.5. The van der Waals surface area contributed by atoms with E-state index in [1.165, 1.54) is 25.7 Å². The molecule has 0 aromatic heterocycles. The Bertz CT molecular complexity index is 575. The second kappa shape index (κ2) is 12.6. The van der Waals surface area contributed by atoms with Crippen LogP contribution in [0.4, 0.5) is 13.2 Å². The van der Waals surface area contributed by atoms with E-state index in [4.69, 9.17) is 4.74 Å². The molecule has 0 amide bonds. The van der Waals surface area contributed by atoms with Gasteiger partial charge in [0.2, 0.25) is 0 Å². The van der Waals surface area contributed by atoms with E-state index in [-0.39, 0.29) is 23.9 Å². The van der Waals surface area contributed by atoms with E-state index in [2.05, 4.69) is 29.5 Å². The van der Waals surface area contributed by atoms with Gasteiger partial charge < -0.3 is 4.74 Å². The fourth-order valence-corrected chi connectivity index (χ4v) is 8.62. The highest BCUT2D eigenvalue weighted by atomic mass is 127. The predicted octanol–water partition coefficient (Wildman–Crippen LogP) is 8.81. The lowest BCUT2D eigenvalue weighted by atomic mass is 9.67. The van der Waals surface area contributed by atoms with E-state index in [9.17, 15) is 4.39 Å². The van der Waals surface area contributed by atoms with E-state index in [0.717, 1.165) is 70.1 Å². The molecule has 4 fully saturated rings. The van der Waals surface area contributed by atoms with E-state index < -0.39 is 18.5 Å². The van der Waals surface area contributed by atoms with Crippen LogP contribution in [0, 0.1) is 35.5 Å². The maximum Gasteiger partial charge on any atom is 0.136 e. The average molecular weight is 583 g/mol. The molecule has 4 saturated carbocycles. The maximum absolute atomic E-state index is 15.1. The zero-order valence-electron chi connectivity index (χ0n) is 20.6. The molecule has 4 aliphatic rings. The van der Waals surface area contributed by atoms with Crippen molar-refractivity contribution in [2.45, 2.75) is 132 Å². The summed E-state index contributed by atoms with van der Waals surface area (Å²) in [4.78, 5) is 0. The van der Waals surface area contributed by atoms with Crippen LogP contribution in [0.1, 0.15) is 103 Å². The first-order valence-corrected chi connectivity index (χ1v) is 15.4. The Kier molecular flexibility index (Phi) is 10.2. The van der Waals surface area contributed by atoms with Crippen molar-refractivity contribution in [3.63, 3.8) is 0 Å². The van der Waals surface area contributed by atoms with Crippen molar-refractivity contribution in [3.8, 4) is 0 Å². The molecule has 0 spiro atoms. The van der Waals surface area contributed by atoms with Gasteiger partial charge in [0.25, 0.3) is 0 Å². The Morgan fingerprint density at radius 1 is 0.727 bits per heavy atom. The highest BCUT2D eigenvalue weighted by molar-refractivity contribution is 14.1. The fraction of sp³-hybridized carbons (Fsp3) is 1.00. The topological polar surface area (TPSA) is 9.23 Å². The third-order valence-corrected chi connectivity index (χ3v) is 11.0. The number of rotatable bonds is 7. The molecule has 0 aliphatic heterocycles. The Morgan fingerprint density at radius 3 is 2.03 bits per heavy atom. The minimum atomic E-state index is -1.37. The summed E-state index contributed by atoms with van der Waals surface area (Å²) in [6, 6.07) is 0. The zero-order chi connectivity index (χ0) is 23.4. The zero-order valence-corrected chi connectivity index (χ0v) is 22.7. The third kappa shape index (κ3) is 6.83. The summed E-state index contributed by atoms with van der Waals surface area (Å²) in [6.45, 7) is 2.60. The monoisotopic (exact) mass is 582 g/mol. The Hall–Kier alpha value is 0.480. The molecule has 1 nitrogen and oxygen atoms in total. The van der Waals surface area contributed by atoms with Crippen LogP contribution < -0.4 is 0 Å². The van der Waals surface area contributed by atoms with Crippen molar-refractivity contribution in [3.05, 3.63) is 0 Å². The van der Waals surface area contributed by atoms with Crippen molar-refractivity contribution in [2.75, 3.05) is 6.61 Å². The Labute approximate surface area is 213 Å². The molecular weight excluding hydrogens is 536 g/mol. The van der Waals surface area contributed by atoms with Gasteiger partial charge in [-0.05, 0) is 100 Å². The maximum atomic E-state index is 15.1. The number of alkyl halides is 4. The van der Waals surface area contributed by atoms with Crippen LogP contribution in [0.25, 0.3) is 0 Å². The normalized spacial score (nSPS) is 47.4. The fourth-order valence-electron chi connectivity index (χ4n) is 7.77. The van der Waals surface area contributed by atoms with Crippen molar-refractivity contribution in [2.24, 2.45) is 35.5 Å². The second-order valence-corrected chi connectivity index (χ2v) is 13.7. The lowest BCUT2D eigenvalue weighted by Crippen LogP contribution is -2.44. The summed E-state index contributed by atoms with van der Waals surface area (Å²) in [6.07, 6.45) is 12.4. The lowest BCUT2D eigenvalue weighted by molar-refractivity contribution is -0.0679. The summed E-state index contributed by atoms with van der Waals surface area (Å²) in [5.41, 5.74) is 0. The molecular formula is C28H46F3IO. The minimum Gasteiger partial charge on any atom is -0.378 e. The Morgan fingerprint density at radius 2 is 1.36 bits per heavy atom. The number of hydrogen-bond acceptors (Lipinski definition) is 1. The van der Waals surface area contributed by atoms with Gasteiger partial charge in [-0.15, -0.1) is 0 Å². The van der Waals surface area contributed by atoms with Gasteiger partial charge in [-0.25, -0.2) is 13.2 Å². The van der Waals surface area contributed by atoms with Gasteiger partial charge in [0, 0.05) is 9.84 Å².